The number of methoxy groups -OCH3 is 2. The zero-order valence-electron chi connectivity index (χ0n) is 10.2. The molecule has 1 saturated heterocycles. The van der Waals surface area contributed by atoms with Crippen LogP contribution in [0.25, 0.3) is 0 Å². The molecule has 1 aromatic rings. The van der Waals surface area contributed by atoms with Crippen LogP contribution in [-0.4, -0.2) is 32.6 Å². The minimum atomic E-state index is -0.0719. The van der Waals surface area contributed by atoms with Gasteiger partial charge in [-0.3, -0.25) is 4.79 Å². The van der Waals surface area contributed by atoms with Gasteiger partial charge in [0.05, 0.1) is 20.3 Å². The Balaban J connectivity index is 2.17. The summed E-state index contributed by atoms with van der Waals surface area (Å²) in [6, 6.07) is 5.61. The molecule has 2 rings (SSSR count). The van der Waals surface area contributed by atoms with Gasteiger partial charge in [0.25, 0.3) is 0 Å². The smallest absolute Gasteiger partial charge is 0.151 e. The van der Waals surface area contributed by atoms with Crippen LogP contribution < -0.4 is 14.8 Å². The molecule has 0 radical (unpaired) electrons. The number of Topliss-reactive ketones (excluding diaryl/α,β-unsaturated/α-hetero) is 1. The zero-order chi connectivity index (χ0) is 12.3. The molecule has 0 amide bonds. The van der Waals surface area contributed by atoms with Gasteiger partial charge in [0.15, 0.2) is 5.78 Å². The Kier molecular flexibility index (Phi) is 3.64. The average Bonchev–Trinajstić information content (AvgIpc) is 2.75. The van der Waals surface area contributed by atoms with E-state index in [9.17, 15) is 4.79 Å². The minimum absolute atomic E-state index is 0.0719. The molecule has 17 heavy (non-hydrogen) atoms. The van der Waals surface area contributed by atoms with Crippen molar-refractivity contribution in [3.05, 3.63) is 23.8 Å². The first-order valence-electron chi connectivity index (χ1n) is 5.71. The van der Waals surface area contributed by atoms with Crippen LogP contribution in [0.15, 0.2) is 18.2 Å². The van der Waals surface area contributed by atoms with E-state index in [1.165, 1.54) is 0 Å². The predicted octanol–water partition coefficient (Wildman–Crippen LogP) is 1.18. The lowest BCUT2D eigenvalue weighted by Crippen LogP contribution is -2.29. The molecule has 1 aliphatic rings. The Morgan fingerprint density at radius 3 is 2.76 bits per heavy atom. The van der Waals surface area contributed by atoms with Gasteiger partial charge in [-0.15, -0.1) is 0 Å². The average molecular weight is 235 g/mol. The summed E-state index contributed by atoms with van der Waals surface area (Å²) >= 11 is 0. The van der Waals surface area contributed by atoms with Gasteiger partial charge in [-0.25, -0.2) is 0 Å². The van der Waals surface area contributed by atoms with Gasteiger partial charge in [0, 0.05) is 19.0 Å². The molecule has 92 valence electrons. The molecule has 1 heterocycles. The molecule has 4 nitrogen and oxygen atoms in total. The third-order valence-corrected chi connectivity index (χ3v) is 3.07. The number of ether oxygens (including phenoxy) is 2. The second-order valence-electron chi connectivity index (χ2n) is 4.10. The molecule has 1 fully saturated rings. The van der Waals surface area contributed by atoms with Crippen LogP contribution in [0.1, 0.15) is 12.0 Å². The van der Waals surface area contributed by atoms with E-state index >= 15 is 0 Å². The third kappa shape index (κ3) is 2.58. The molecule has 0 aromatic heterocycles. The number of hydrogen-bond donors (Lipinski definition) is 1. The number of benzene rings is 1. The van der Waals surface area contributed by atoms with Gasteiger partial charge in [0.1, 0.15) is 11.5 Å². The van der Waals surface area contributed by atoms with Gasteiger partial charge in [-0.05, 0) is 18.1 Å². The molecular weight excluding hydrogens is 218 g/mol. The fourth-order valence-corrected chi connectivity index (χ4v) is 2.08. The van der Waals surface area contributed by atoms with Crippen LogP contribution in [0.4, 0.5) is 0 Å². The van der Waals surface area contributed by atoms with E-state index in [2.05, 4.69) is 5.32 Å². The summed E-state index contributed by atoms with van der Waals surface area (Å²) in [5.41, 5.74) is 1.03. The molecule has 0 saturated carbocycles. The largest absolute Gasteiger partial charge is 0.497 e. The van der Waals surface area contributed by atoms with Crippen molar-refractivity contribution in [3.8, 4) is 11.5 Å². The summed E-state index contributed by atoms with van der Waals surface area (Å²) in [6.45, 7) is 0.780. The predicted molar refractivity (Wildman–Crippen MR) is 64.7 cm³/mol. The highest BCUT2D eigenvalue weighted by atomic mass is 16.5. The molecule has 1 aliphatic heterocycles. The highest BCUT2D eigenvalue weighted by Gasteiger charge is 2.24. The lowest BCUT2D eigenvalue weighted by atomic mass is 10.0. The van der Waals surface area contributed by atoms with Crippen molar-refractivity contribution >= 4 is 5.78 Å². The highest BCUT2D eigenvalue weighted by Crippen LogP contribution is 2.26. The van der Waals surface area contributed by atoms with Crippen molar-refractivity contribution in [2.45, 2.75) is 18.9 Å². The summed E-state index contributed by atoms with van der Waals surface area (Å²) < 4.78 is 10.5. The maximum atomic E-state index is 11.6. The van der Waals surface area contributed by atoms with Crippen molar-refractivity contribution in [1.29, 1.82) is 0 Å². The highest BCUT2D eigenvalue weighted by molar-refractivity contribution is 5.86. The Hall–Kier alpha value is -1.55. The molecule has 0 bridgehead atoms. The number of carbonyl (C=O) groups is 1. The molecule has 0 aliphatic carbocycles. The van der Waals surface area contributed by atoms with Crippen molar-refractivity contribution in [2.75, 3.05) is 20.8 Å². The fourth-order valence-electron chi connectivity index (χ4n) is 2.08. The molecule has 1 N–H and O–H groups in total. The maximum Gasteiger partial charge on any atom is 0.151 e. The second-order valence-corrected chi connectivity index (χ2v) is 4.10. The summed E-state index contributed by atoms with van der Waals surface area (Å²) in [4.78, 5) is 11.6. The van der Waals surface area contributed by atoms with Crippen molar-refractivity contribution in [1.82, 2.24) is 5.32 Å². The first-order valence-corrected chi connectivity index (χ1v) is 5.71. The number of hydrogen-bond acceptors (Lipinski definition) is 4. The minimum Gasteiger partial charge on any atom is -0.497 e. The normalized spacial score (nSPS) is 19.4. The van der Waals surface area contributed by atoms with Gasteiger partial charge in [0.2, 0.25) is 0 Å². The Morgan fingerprint density at radius 1 is 1.35 bits per heavy atom. The van der Waals surface area contributed by atoms with Crippen LogP contribution in [0.5, 0.6) is 11.5 Å². The van der Waals surface area contributed by atoms with Crippen LogP contribution in [0, 0.1) is 0 Å². The van der Waals surface area contributed by atoms with Crippen LogP contribution in [0.3, 0.4) is 0 Å². The van der Waals surface area contributed by atoms with E-state index in [0.717, 1.165) is 23.6 Å². The van der Waals surface area contributed by atoms with Crippen LogP contribution in [-0.2, 0) is 11.2 Å². The lowest BCUT2D eigenvalue weighted by molar-refractivity contribution is -0.118. The number of carbonyl (C=O) groups excluding carboxylic acids is 1. The maximum absolute atomic E-state index is 11.6. The van der Waals surface area contributed by atoms with Crippen LogP contribution in [0.2, 0.25) is 0 Å². The molecule has 0 spiro atoms. The first-order chi connectivity index (χ1) is 8.24. The Bertz CT molecular complexity index is 417. The molecule has 4 heteroatoms. The van der Waals surface area contributed by atoms with E-state index in [4.69, 9.17) is 9.47 Å². The van der Waals surface area contributed by atoms with Gasteiger partial charge in [-0.1, -0.05) is 6.07 Å². The summed E-state index contributed by atoms with van der Waals surface area (Å²) in [5, 5.41) is 3.20. The SMILES string of the molecule is COc1ccc(CC2NCCC2=O)c(OC)c1. The van der Waals surface area contributed by atoms with Gasteiger partial charge < -0.3 is 14.8 Å². The van der Waals surface area contributed by atoms with E-state index in [0.29, 0.717) is 12.8 Å². The third-order valence-electron chi connectivity index (χ3n) is 3.07. The number of ketones is 1. The van der Waals surface area contributed by atoms with Crippen molar-refractivity contribution in [2.24, 2.45) is 0 Å². The molecular formula is C13H17NO3. The quantitative estimate of drug-likeness (QED) is 0.851. The topological polar surface area (TPSA) is 47.6 Å². The van der Waals surface area contributed by atoms with Crippen LogP contribution >= 0.6 is 0 Å². The van der Waals surface area contributed by atoms with E-state index in [-0.39, 0.29) is 11.8 Å². The molecule has 1 atom stereocenters. The number of nitrogens with one attached hydrogen (secondary N) is 1. The first kappa shape index (κ1) is 11.9. The zero-order valence-corrected chi connectivity index (χ0v) is 10.2. The Morgan fingerprint density at radius 2 is 2.18 bits per heavy atom. The van der Waals surface area contributed by atoms with Gasteiger partial charge in [-0.2, -0.15) is 0 Å². The molecule has 1 aromatic carbocycles. The second kappa shape index (κ2) is 5.19. The van der Waals surface area contributed by atoms with Crippen molar-refractivity contribution in [3.63, 3.8) is 0 Å². The fraction of sp³-hybridized carbons (Fsp3) is 0.462. The Labute approximate surface area is 101 Å². The molecule has 1 unspecified atom stereocenters. The lowest BCUT2D eigenvalue weighted by Gasteiger charge is -2.13. The van der Waals surface area contributed by atoms with Gasteiger partial charge >= 0.3 is 0 Å². The monoisotopic (exact) mass is 235 g/mol. The van der Waals surface area contributed by atoms with E-state index in [1.54, 1.807) is 14.2 Å². The number of rotatable bonds is 4. The summed E-state index contributed by atoms with van der Waals surface area (Å²) in [5.74, 6) is 1.81. The van der Waals surface area contributed by atoms with E-state index in [1.807, 2.05) is 18.2 Å². The van der Waals surface area contributed by atoms with E-state index < -0.39 is 0 Å². The standard InChI is InChI=1S/C13H17NO3/c1-16-10-4-3-9(13(8-10)17-2)7-11-12(15)5-6-14-11/h3-4,8,11,14H,5-7H2,1-2H3. The summed E-state index contributed by atoms with van der Waals surface area (Å²) in [6.07, 6.45) is 1.30. The van der Waals surface area contributed by atoms with Crippen molar-refractivity contribution < 1.29 is 14.3 Å². The summed E-state index contributed by atoms with van der Waals surface area (Å²) in [7, 11) is 3.25.